The van der Waals surface area contributed by atoms with Gasteiger partial charge >= 0.3 is 5.63 Å². The van der Waals surface area contributed by atoms with Gasteiger partial charge in [-0.2, -0.15) is 0 Å². The first-order chi connectivity index (χ1) is 12.8. The highest BCUT2D eigenvalue weighted by atomic mass is 16.7. The van der Waals surface area contributed by atoms with Gasteiger partial charge in [0.1, 0.15) is 35.7 Å². The minimum absolute atomic E-state index is 0.261. The molecule has 3 rings (SSSR count). The van der Waals surface area contributed by atoms with Gasteiger partial charge in [0, 0.05) is 24.4 Å². The molecule has 1 saturated heterocycles. The highest BCUT2D eigenvalue weighted by Crippen LogP contribution is 2.27. The van der Waals surface area contributed by atoms with Crippen LogP contribution >= 0.6 is 0 Å². The van der Waals surface area contributed by atoms with Crippen LogP contribution < -0.4 is 15.7 Å². The van der Waals surface area contributed by atoms with Crippen LogP contribution in [0.2, 0.25) is 0 Å². The number of hydrogen-bond acceptors (Lipinski definition) is 8. The summed E-state index contributed by atoms with van der Waals surface area (Å²) in [6.07, 6.45) is -5.08. The Morgan fingerprint density at radius 2 is 2.00 bits per heavy atom. The molecular weight excluding hydrogens is 358 g/mol. The predicted octanol–water partition coefficient (Wildman–Crippen LogP) is -0.576. The van der Waals surface area contributed by atoms with E-state index in [4.69, 9.17) is 13.9 Å². The number of ether oxygens (including phenoxy) is 2. The normalized spacial score (nSPS) is 28.1. The number of rotatable bonds is 4. The predicted molar refractivity (Wildman–Crippen MR) is 93.2 cm³/mol. The van der Waals surface area contributed by atoms with Crippen LogP contribution in [0.15, 0.2) is 33.5 Å². The van der Waals surface area contributed by atoms with Crippen LogP contribution in [0.1, 0.15) is 12.5 Å². The van der Waals surface area contributed by atoms with Crippen molar-refractivity contribution >= 4 is 16.9 Å². The van der Waals surface area contributed by atoms with E-state index in [-0.39, 0.29) is 5.75 Å². The molecule has 0 radical (unpaired) electrons. The number of aliphatic hydroxyl groups is 3. The van der Waals surface area contributed by atoms with Crippen molar-refractivity contribution in [2.45, 2.75) is 44.5 Å². The molecule has 9 nitrogen and oxygen atoms in total. The second-order valence-electron chi connectivity index (χ2n) is 6.46. The minimum atomic E-state index is -1.41. The second kappa shape index (κ2) is 7.65. The number of benzene rings is 1. The number of carbonyl (C=O) groups excluding carboxylic acids is 1. The van der Waals surface area contributed by atoms with E-state index in [1.54, 1.807) is 19.1 Å². The molecule has 1 fully saturated rings. The third kappa shape index (κ3) is 3.96. The number of carbonyl (C=O) groups is 1. The Kier molecular flexibility index (Phi) is 5.47. The molecular formula is C18H21NO8. The smallest absolute Gasteiger partial charge is 0.336 e. The number of fused-ring (bicyclic) bond motifs is 1. The molecule has 1 aromatic carbocycles. The van der Waals surface area contributed by atoms with Gasteiger partial charge in [-0.3, -0.25) is 4.79 Å². The standard InChI is InChI=1S/C18H21NO8/c1-8-5-14(22)26-12-6-10(3-4-11(8)12)25-18-15(19-9(2)21)17(24)16(23)13(7-20)27-18/h3-6,13,15-18,20,23-24H,7H2,1-2H3,(H,19,21)/t13-,15-,16-,17+,18-/m1/s1. The van der Waals surface area contributed by atoms with E-state index in [0.29, 0.717) is 5.58 Å². The Balaban J connectivity index is 1.91. The quantitative estimate of drug-likeness (QED) is 0.518. The molecule has 2 heterocycles. The van der Waals surface area contributed by atoms with Gasteiger partial charge in [-0.15, -0.1) is 0 Å². The molecule has 0 saturated carbocycles. The second-order valence-corrected chi connectivity index (χ2v) is 6.46. The summed E-state index contributed by atoms with van der Waals surface area (Å²) in [5.74, 6) is -0.192. The third-order valence-corrected chi connectivity index (χ3v) is 4.43. The van der Waals surface area contributed by atoms with Crippen molar-refractivity contribution < 1.29 is 34.0 Å². The average molecular weight is 379 g/mol. The molecule has 1 aliphatic heterocycles. The summed E-state index contributed by atoms with van der Waals surface area (Å²) >= 11 is 0. The van der Waals surface area contributed by atoms with E-state index in [2.05, 4.69) is 5.32 Å². The SMILES string of the molecule is CC(=O)N[C@H]1[C@H](Oc2ccc3c(C)cc(=O)oc3c2)O[C@H](CO)[C@@H](O)[C@H]1O. The Hall–Kier alpha value is -2.46. The first-order valence-electron chi connectivity index (χ1n) is 8.41. The zero-order valence-corrected chi connectivity index (χ0v) is 14.8. The van der Waals surface area contributed by atoms with E-state index >= 15 is 0 Å². The monoisotopic (exact) mass is 379 g/mol. The Bertz CT molecular complexity index is 895. The summed E-state index contributed by atoms with van der Waals surface area (Å²) in [7, 11) is 0. The molecule has 4 N–H and O–H groups in total. The first kappa shape index (κ1) is 19.3. The van der Waals surface area contributed by atoms with Gasteiger partial charge in [0.2, 0.25) is 12.2 Å². The molecule has 1 aliphatic rings. The van der Waals surface area contributed by atoms with Crippen molar-refractivity contribution in [1.82, 2.24) is 5.32 Å². The van der Waals surface area contributed by atoms with Crippen LogP contribution in [0.4, 0.5) is 0 Å². The van der Waals surface area contributed by atoms with Gasteiger partial charge in [-0.25, -0.2) is 4.79 Å². The zero-order valence-electron chi connectivity index (χ0n) is 14.8. The molecule has 0 bridgehead atoms. The molecule has 0 unspecified atom stereocenters. The maximum atomic E-state index is 11.6. The number of aryl methyl sites for hydroxylation is 1. The van der Waals surface area contributed by atoms with Crippen molar-refractivity contribution in [3.63, 3.8) is 0 Å². The molecule has 5 atom stereocenters. The lowest BCUT2D eigenvalue weighted by Crippen LogP contribution is -2.65. The fraction of sp³-hybridized carbons (Fsp3) is 0.444. The zero-order chi connectivity index (χ0) is 19.7. The minimum Gasteiger partial charge on any atom is -0.462 e. The number of nitrogens with one attached hydrogen (secondary N) is 1. The topological polar surface area (TPSA) is 138 Å². The molecule has 2 aromatic rings. The lowest BCUT2D eigenvalue weighted by molar-refractivity contribution is -0.244. The van der Waals surface area contributed by atoms with Gasteiger partial charge in [0.05, 0.1) is 6.61 Å². The third-order valence-electron chi connectivity index (χ3n) is 4.43. The van der Waals surface area contributed by atoms with Gasteiger partial charge in [-0.1, -0.05) is 0 Å². The number of amides is 1. The lowest BCUT2D eigenvalue weighted by Gasteiger charge is -2.42. The van der Waals surface area contributed by atoms with Crippen molar-refractivity contribution in [3.8, 4) is 5.75 Å². The van der Waals surface area contributed by atoms with Crippen molar-refractivity contribution in [2.24, 2.45) is 0 Å². The Morgan fingerprint density at radius 3 is 2.67 bits per heavy atom. The molecule has 146 valence electrons. The summed E-state index contributed by atoms with van der Waals surface area (Å²) in [4.78, 5) is 23.0. The van der Waals surface area contributed by atoms with Crippen LogP contribution in [0.25, 0.3) is 11.0 Å². The Morgan fingerprint density at radius 1 is 1.26 bits per heavy atom. The fourth-order valence-electron chi connectivity index (χ4n) is 3.08. The molecule has 0 spiro atoms. The van der Waals surface area contributed by atoms with Gasteiger partial charge in [-0.05, 0) is 24.6 Å². The summed E-state index contributed by atoms with van der Waals surface area (Å²) < 4.78 is 16.4. The maximum absolute atomic E-state index is 11.6. The van der Waals surface area contributed by atoms with Crippen LogP contribution in [-0.2, 0) is 9.53 Å². The highest BCUT2D eigenvalue weighted by Gasteiger charge is 2.46. The fourth-order valence-corrected chi connectivity index (χ4v) is 3.08. The Labute approximate surface area is 154 Å². The molecule has 1 amide bonds. The van der Waals surface area contributed by atoms with E-state index < -0.39 is 48.8 Å². The van der Waals surface area contributed by atoms with Crippen molar-refractivity contribution in [2.75, 3.05) is 6.61 Å². The molecule has 27 heavy (non-hydrogen) atoms. The van der Waals surface area contributed by atoms with E-state index in [0.717, 1.165) is 10.9 Å². The molecule has 9 heteroatoms. The van der Waals surface area contributed by atoms with E-state index in [1.165, 1.54) is 19.1 Å². The van der Waals surface area contributed by atoms with Gasteiger partial charge in [0.15, 0.2) is 0 Å². The van der Waals surface area contributed by atoms with Crippen LogP contribution in [0.3, 0.4) is 0 Å². The van der Waals surface area contributed by atoms with E-state index in [9.17, 15) is 24.9 Å². The average Bonchev–Trinajstić information content (AvgIpc) is 2.60. The lowest BCUT2D eigenvalue weighted by atomic mass is 9.97. The van der Waals surface area contributed by atoms with Gasteiger partial charge in [0.25, 0.3) is 0 Å². The highest BCUT2D eigenvalue weighted by molar-refractivity contribution is 5.81. The summed E-state index contributed by atoms with van der Waals surface area (Å²) in [5.41, 5.74) is 0.557. The summed E-state index contributed by atoms with van der Waals surface area (Å²) in [6.45, 7) is 2.48. The first-order valence-corrected chi connectivity index (χ1v) is 8.41. The largest absolute Gasteiger partial charge is 0.462 e. The summed E-state index contributed by atoms with van der Waals surface area (Å²) in [5, 5.41) is 32.9. The van der Waals surface area contributed by atoms with Crippen molar-refractivity contribution in [1.29, 1.82) is 0 Å². The van der Waals surface area contributed by atoms with Gasteiger partial charge < -0.3 is 34.5 Å². The molecule has 0 aliphatic carbocycles. The van der Waals surface area contributed by atoms with E-state index in [1.807, 2.05) is 0 Å². The van der Waals surface area contributed by atoms with Crippen molar-refractivity contribution in [3.05, 3.63) is 40.2 Å². The van der Waals surface area contributed by atoms with Crippen LogP contribution in [0, 0.1) is 6.92 Å². The summed E-state index contributed by atoms with van der Waals surface area (Å²) in [6, 6.07) is 5.12. The number of hydrogen-bond donors (Lipinski definition) is 4. The maximum Gasteiger partial charge on any atom is 0.336 e. The van der Waals surface area contributed by atoms with Crippen LogP contribution in [-0.4, -0.2) is 58.5 Å². The van der Waals surface area contributed by atoms with Crippen LogP contribution in [0.5, 0.6) is 5.75 Å². The number of aliphatic hydroxyl groups excluding tert-OH is 3. The molecule has 1 aromatic heterocycles.